The van der Waals surface area contributed by atoms with Gasteiger partial charge >= 0.3 is 0 Å². The molecule has 0 amide bonds. The van der Waals surface area contributed by atoms with E-state index in [0.29, 0.717) is 0 Å². The first kappa shape index (κ1) is 9.70. The zero-order valence-electron chi connectivity index (χ0n) is 7.14. The number of aromatic nitrogens is 2. The first-order valence-electron chi connectivity index (χ1n) is 3.38. The van der Waals surface area contributed by atoms with Crippen molar-refractivity contribution >= 4 is 10.0 Å². The summed E-state index contributed by atoms with van der Waals surface area (Å²) in [5.74, 6) is 0. The molecule has 0 radical (unpaired) electrons. The molecule has 1 aromatic rings. The Balaban J connectivity index is 3.46. The summed E-state index contributed by atoms with van der Waals surface area (Å²) in [6.07, 6.45) is 1.21. The van der Waals surface area contributed by atoms with Gasteiger partial charge < -0.3 is 0 Å². The maximum Gasteiger partial charge on any atom is 0.258 e. The van der Waals surface area contributed by atoms with Crippen molar-refractivity contribution in [2.24, 2.45) is 7.05 Å². The highest BCUT2D eigenvalue weighted by Gasteiger charge is 2.21. The normalized spacial score (nSPS) is 11.2. The Morgan fingerprint density at radius 2 is 2.31 bits per heavy atom. The molecular weight excluding hydrogens is 192 g/mol. The molecular formula is C6H8N4O2S. The number of hydrogen-bond acceptors (Lipinski definition) is 4. The van der Waals surface area contributed by atoms with Gasteiger partial charge in [0.2, 0.25) is 0 Å². The summed E-state index contributed by atoms with van der Waals surface area (Å²) in [7, 11) is -0.856. The van der Waals surface area contributed by atoms with Gasteiger partial charge in [-0.05, 0) is 7.05 Å². The fourth-order valence-corrected chi connectivity index (χ4v) is 1.89. The minimum atomic E-state index is -3.60. The Morgan fingerprint density at radius 3 is 2.77 bits per heavy atom. The van der Waals surface area contributed by atoms with Crippen LogP contribution < -0.4 is 4.72 Å². The standard InChI is InChI=1S/C6H8N4O2S/c1-8-13(11,12)6-5(3-7)4-9-10(6)2/h4,8H,1-2H3. The zero-order valence-corrected chi connectivity index (χ0v) is 7.96. The summed E-state index contributed by atoms with van der Waals surface area (Å²) in [5, 5.41) is 12.2. The van der Waals surface area contributed by atoms with Crippen molar-refractivity contribution in [1.29, 1.82) is 5.26 Å². The molecule has 1 N–H and O–H groups in total. The van der Waals surface area contributed by atoms with E-state index < -0.39 is 10.0 Å². The second kappa shape index (κ2) is 3.16. The third kappa shape index (κ3) is 1.54. The molecule has 13 heavy (non-hydrogen) atoms. The number of nitrogens with zero attached hydrogens (tertiary/aromatic N) is 3. The average Bonchev–Trinajstić information content (AvgIpc) is 2.47. The molecule has 0 aromatic carbocycles. The highest BCUT2D eigenvalue weighted by Crippen LogP contribution is 2.11. The van der Waals surface area contributed by atoms with Crippen LogP contribution in [0.25, 0.3) is 0 Å². The van der Waals surface area contributed by atoms with Crippen LogP contribution in [0.1, 0.15) is 5.56 Å². The largest absolute Gasteiger partial charge is 0.258 e. The highest BCUT2D eigenvalue weighted by molar-refractivity contribution is 7.89. The molecule has 0 aliphatic rings. The van der Waals surface area contributed by atoms with Crippen molar-refractivity contribution in [3.05, 3.63) is 11.8 Å². The van der Waals surface area contributed by atoms with Crippen LogP contribution >= 0.6 is 0 Å². The van der Waals surface area contributed by atoms with E-state index in [1.807, 2.05) is 0 Å². The smallest absolute Gasteiger partial charge is 0.255 e. The van der Waals surface area contributed by atoms with Gasteiger partial charge in [-0.3, -0.25) is 4.68 Å². The van der Waals surface area contributed by atoms with Crippen LogP contribution in [0, 0.1) is 11.3 Å². The summed E-state index contributed by atoms with van der Waals surface area (Å²) in [4.78, 5) is 0. The monoisotopic (exact) mass is 200 g/mol. The van der Waals surface area contributed by atoms with Crippen LogP contribution in [0.15, 0.2) is 11.2 Å². The fraction of sp³-hybridized carbons (Fsp3) is 0.333. The van der Waals surface area contributed by atoms with E-state index in [0.717, 1.165) is 4.68 Å². The summed E-state index contributed by atoms with van der Waals surface area (Å²) in [6.45, 7) is 0. The molecule has 0 unspecified atom stereocenters. The van der Waals surface area contributed by atoms with E-state index in [-0.39, 0.29) is 10.6 Å². The van der Waals surface area contributed by atoms with Crippen molar-refractivity contribution in [2.45, 2.75) is 5.03 Å². The first-order chi connectivity index (χ1) is 6.03. The molecule has 1 aromatic heterocycles. The Morgan fingerprint density at radius 1 is 1.69 bits per heavy atom. The van der Waals surface area contributed by atoms with Crippen molar-refractivity contribution < 1.29 is 8.42 Å². The minimum Gasteiger partial charge on any atom is -0.255 e. The van der Waals surface area contributed by atoms with Gasteiger partial charge in [-0.1, -0.05) is 0 Å². The number of sulfonamides is 1. The predicted octanol–water partition coefficient (Wildman–Crippen LogP) is -0.800. The van der Waals surface area contributed by atoms with Crippen molar-refractivity contribution in [3.8, 4) is 6.07 Å². The molecule has 0 aliphatic carbocycles. The third-order valence-corrected chi connectivity index (χ3v) is 3.06. The SMILES string of the molecule is CNS(=O)(=O)c1c(C#N)cnn1C. The molecule has 0 spiro atoms. The lowest BCUT2D eigenvalue weighted by atomic mass is 10.4. The lowest BCUT2D eigenvalue weighted by Crippen LogP contribution is -2.22. The average molecular weight is 200 g/mol. The highest BCUT2D eigenvalue weighted by atomic mass is 32.2. The summed E-state index contributed by atoms with van der Waals surface area (Å²) < 4.78 is 25.9. The van der Waals surface area contributed by atoms with Crippen LogP contribution in [0.3, 0.4) is 0 Å². The van der Waals surface area contributed by atoms with Crippen LogP contribution in [0.2, 0.25) is 0 Å². The molecule has 0 aliphatic heterocycles. The minimum absolute atomic E-state index is 0.0388. The van der Waals surface area contributed by atoms with Gasteiger partial charge in [-0.15, -0.1) is 0 Å². The third-order valence-electron chi connectivity index (χ3n) is 1.53. The topological polar surface area (TPSA) is 87.8 Å². The first-order valence-corrected chi connectivity index (χ1v) is 4.87. The van der Waals surface area contributed by atoms with Gasteiger partial charge in [0.1, 0.15) is 11.6 Å². The van der Waals surface area contributed by atoms with E-state index in [1.165, 1.54) is 20.3 Å². The summed E-state index contributed by atoms with van der Waals surface area (Å²) in [5.41, 5.74) is 0.0388. The zero-order chi connectivity index (χ0) is 10.1. The molecule has 6 nitrogen and oxygen atoms in total. The molecule has 0 saturated carbocycles. The molecule has 0 bridgehead atoms. The molecule has 70 valence electrons. The van der Waals surface area contributed by atoms with E-state index in [4.69, 9.17) is 5.26 Å². The van der Waals surface area contributed by atoms with Gasteiger partial charge in [-0.2, -0.15) is 10.4 Å². The van der Waals surface area contributed by atoms with Gasteiger partial charge in [0, 0.05) is 7.05 Å². The van der Waals surface area contributed by atoms with Crippen LogP contribution in [-0.2, 0) is 17.1 Å². The van der Waals surface area contributed by atoms with Crippen molar-refractivity contribution in [1.82, 2.24) is 14.5 Å². The van der Waals surface area contributed by atoms with Crippen LogP contribution in [-0.4, -0.2) is 25.2 Å². The maximum atomic E-state index is 11.3. The molecule has 1 rings (SSSR count). The van der Waals surface area contributed by atoms with E-state index in [9.17, 15) is 8.42 Å². The number of nitrogens with one attached hydrogen (secondary N) is 1. The molecule has 0 saturated heterocycles. The van der Waals surface area contributed by atoms with Crippen LogP contribution in [0.5, 0.6) is 0 Å². The summed E-state index contributed by atoms with van der Waals surface area (Å²) >= 11 is 0. The lowest BCUT2D eigenvalue weighted by molar-refractivity contribution is 0.569. The Hall–Kier alpha value is -1.39. The van der Waals surface area contributed by atoms with Gasteiger partial charge in [0.25, 0.3) is 10.0 Å². The van der Waals surface area contributed by atoms with Crippen molar-refractivity contribution in [3.63, 3.8) is 0 Å². The van der Waals surface area contributed by atoms with Gasteiger partial charge in [0.15, 0.2) is 5.03 Å². The van der Waals surface area contributed by atoms with E-state index >= 15 is 0 Å². The van der Waals surface area contributed by atoms with E-state index in [1.54, 1.807) is 6.07 Å². The fourth-order valence-electron chi connectivity index (χ4n) is 0.918. The number of aryl methyl sites for hydroxylation is 1. The van der Waals surface area contributed by atoms with Crippen LogP contribution in [0.4, 0.5) is 0 Å². The second-order valence-corrected chi connectivity index (χ2v) is 4.11. The van der Waals surface area contributed by atoms with Crippen molar-refractivity contribution in [2.75, 3.05) is 7.05 Å². The molecule has 0 atom stereocenters. The lowest BCUT2D eigenvalue weighted by Gasteiger charge is -2.01. The number of nitriles is 1. The number of rotatable bonds is 2. The summed E-state index contributed by atoms with van der Waals surface area (Å²) in [6, 6.07) is 1.75. The molecule has 0 fully saturated rings. The molecule has 7 heteroatoms. The maximum absolute atomic E-state index is 11.3. The van der Waals surface area contributed by atoms with E-state index in [2.05, 4.69) is 9.82 Å². The number of hydrogen-bond donors (Lipinski definition) is 1. The second-order valence-electron chi connectivity index (χ2n) is 2.31. The Bertz CT molecular complexity index is 453. The molecule has 1 heterocycles. The Labute approximate surface area is 75.8 Å². The Kier molecular flexibility index (Phi) is 2.36. The van der Waals surface area contributed by atoms with Gasteiger partial charge in [0.05, 0.1) is 6.20 Å². The quantitative estimate of drug-likeness (QED) is 0.677. The predicted molar refractivity (Wildman–Crippen MR) is 44.2 cm³/mol. The van der Waals surface area contributed by atoms with Gasteiger partial charge in [-0.25, -0.2) is 13.1 Å².